The van der Waals surface area contributed by atoms with Crippen molar-refractivity contribution >= 4 is 17.7 Å². The van der Waals surface area contributed by atoms with Gasteiger partial charge in [-0.15, -0.1) is 11.6 Å². The maximum absolute atomic E-state index is 9.89. The highest BCUT2D eigenvalue weighted by atomic mass is 35.5. The Bertz CT molecular complexity index is 97.7. The molecule has 0 aliphatic carbocycles. The lowest BCUT2D eigenvalue weighted by Gasteiger charge is -1.97. The maximum Gasteiger partial charge on any atom is 0.404 e. The van der Waals surface area contributed by atoms with Crippen LogP contribution in [0.15, 0.2) is 0 Å². The highest BCUT2D eigenvalue weighted by Crippen LogP contribution is 1.94. The van der Waals surface area contributed by atoms with Crippen molar-refractivity contribution < 1.29 is 9.90 Å². The molecule has 0 aromatic rings. The zero-order valence-corrected chi connectivity index (χ0v) is 6.52. The van der Waals surface area contributed by atoms with Gasteiger partial charge in [-0.05, 0) is 12.8 Å². The predicted octanol–water partition coefficient (Wildman–Crippen LogP) is 1.66. The summed E-state index contributed by atoms with van der Waals surface area (Å²) < 4.78 is 0. The lowest BCUT2D eigenvalue weighted by Crippen LogP contribution is -2.21. The van der Waals surface area contributed by atoms with Gasteiger partial charge < -0.3 is 10.4 Å². The van der Waals surface area contributed by atoms with Crippen molar-refractivity contribution in [1.29, 1.82) is 0 Å². The number of hydrogen-bond donors (Lipinski definition) is 2. The molecule has 0 saturated carbocycles. The Balaban J connectivity index is 2.84. The van der Waals surface area contributed by atoms with E-state index in [0.717, 1.165) is 19.3 Å². The maximum atomic E-state index is 9.89. The van der Waals surface area contributed by atoms with Gasteiger partial charge in [-0.3, -0.25) is 0 Å². The number of unbranched alkanes of at least 4 members (excludes halogenated alkanes) is 2. The van der Waals surface area contributed by atoms with Crippen molar-refractivity contribution in [1.82, 2.24) is 5.32 Å². The van der Waals surface area contributed by atoms with E-state index in [2.05, 4.69) is 5.32 Å². The lowest BCUT2D eigenvalue weighted by molar-refractivity contribution is 0.194. The van der Waals surface area contributed by atoms with E-state index in [1.54, 1.807) is 0 Å². The van der Waals surface area contributed by atoms with Gasteiger partial charge in [0.1, 0.15) is 0 Å². The third-order valence-electron chi connectivity index (χ3n) is 1.09. The minimum Gasteiger partial charge on any atom is -0.465 e. The van der Waals surface area contributed by atoms with Crippen LogP contribution in [0.5, 0.6) is 0 Å². The summed E-state index contributed by atoms with van der Waals surface area (Å²) in [7, 11) is 0. The van der Waals surface area contributed by atoms with Crippen LogP contribution in [0.3, 0.4) is 0 Å². The van der Waals surface area contributed by atoms with Gasteiger partial charge in [0.2, 0.25) is 0 Å². The molecule has 0 spiro atoms. The molecule has 0 saturated heterocycles. The zero-order chi connectivity index (χ0) is 7.82. The van der Waals surface area contributed by atoms with E-state index in [0.29, 0.717) is 12.4 Å². The molecule has 10 heavy (non-hydrogen) atoms. The molecule has 3 nitrogen and oxygen atoms in total. The summed E-state index contributed by atoms with van der Waals surface area (Å²) in [6.45, 7) is 0.534. The van der Waals surface area contributed by atoms with E-state index >= 15 is 0 Å². The largest absolute Gasteiger partial charge is 0.465 e. The summed E-state index contributed by atoms with van der Waals surface area (Å²) in [6.07, 6.45) is 1.87. The summed E-state index contributed by atoms with van der Waals surface area (Å²) in [5.74, 6) is 0.660. The number of rotatable bonds is 5. The van der Waals surface area contributed by atoms with Crippen LogP contribution in [-0.4, -0.2) is 23.6 Å². The van der Waals surface area contributed by atoms with Gasteiger partial charge in [0.15, 0.2) is 0 Å². The van der Waals surface area contributed by atoms with Gasteiger partial charge >= 0.3 is 6.09 Å². The number of alkyl halides is 1. The highest BCUT2D eigenvalue weighted by molar-refractivity contribution is 6.17. The van der Waals surface area contributed by atoms with Gasteiger partial charge in [0, 0.05) is 12.4 Å². The van der Waals surface area contributed by atoms with Crippen molar-refractivity contribution in [3.63, 3.8) is 0 Å². The second kappa shape index (κ2) is 6.68. The Labute approximate surface area is 65.4 Å². The van der Waals surface area contributed by atoms with Crippen molar-refractivity contribution in [2.24, 2.45) is 0 Å². The summed E-state index contributed by atoms with van der Waals surface area (Å²) in [6, 6.07) is 0. The van der Waals surface area contributed by atoms with Crippen molar-refractivity contribution in [2.45, 2.75) is 19.3 Å². The number of hydrogen-bond acceptors (Lipinski definition) is 1. The van der Waals surface area contributed by atoms with Crippen LogP contribution < -0.4 is 5.32 Å². The first-order chi connectivity index (χ1) is 4.77. The standard InChI is InChI=1S/C6H12ClNO2/c7-4-2-1-3-5-8-6(9)10/h8H,1-5H2,(H,9,10). The van der Waals surface area contributed by atoms with Gasteiger partial charge in [-0.25, -0.2) is 4.79 Å². The molecule has 0 aromatic heterocycles. The summed E-state index contributed by atoms with van der Waals surface area (Å²) in [4.78, 5) is 9.89. The topological polar surface area (TPSA) is 49.3 Å². The monoisotopic (exact) mass is 165 g/mol. The molecule has 0 bridgehead atoms. The first-order valence-electron chi connectivity index (χ1n) is 3.30. The molecule has 0 rings (SSSR count). The van der Waals surface area contributed by atoms with Crippen LogP contribution in [-0.2, 0) is 0 Å². The zero-order valence-electron chi connectivity index (χ0n) is 5.77. The molecule has 0 fully saturated rings. The lowest BCUT2D eigenvalue weighted by atomic mass is 10.2. The second-order valence-electron chi connectivity index (χ2n) is 1.98. The molecule has 0 aromatic carbocycles. The van der Waals surface area contributed by atoms with E-state index < -0.39 is 6.09 Å². The highest BCUT2D eigenvalue weighted by Gasteiger charge is 1.91. The third kappa shape index (κ3) is 7.56. The Morgan fingerprint density at radius 2 is 2.10 bits per heavy atom. The Hall–Kier alpha value is -0.440. The summed E-state index contributed by atoms with van der Waals surface area (Å²) in [5.41, 5.74) is 0. The fraction of sp³-hybridized carbons (Fsp3) is 0.833. The van der Waals surface area contributed by atoms with Crippen LogP contribution in [0.25, 0.3) is 0 Å². The number of amides is 1. The van der Waals surface area contributed by atoms with Crippen molar-refractivity contribution in [3.8, 4) is 0 Å². The Kier molecular flexibility index (Phi) is 6.38. The van der Waals surface area contributed by atoms with Crippen LogP contribution in [0.4, 0.5) is 4.79 Å². The first kappa shape index (κ1) is 9.56. The van der Waals surface area contributed by atoms with Gasteiger partial charge in [0.05, 0.1) is 0 Å². The molecule has 4 heteroatoms. The van der Waals surface area contributed by atoms with Crippen LogP contribution in [0.1, 0.15) is 19.3 Å². The Morgan fingerprint density at radius 1 is 1.40 bits per heavy atom. The molecule has 0 atom stereocenters. The minimum absolute atomic E-state index is 0.534. The average Bonchev–Trinajstić information content (AvgIpc) is 1.87. The van der Waals surface area contributed by atoms with Crippen molar-refractivity contribution in [3.05, 3.63) is 0 Å². The molecule has 0 aliphatic heterocycles. The van der Waals surface area contributed by atoms with E-state index in [4.69, 9.17) is 16.7 Å². The fourth-order valence-corrected chi connectivity index (χ4v) is 0.781. The predicted molar refractivity (Wildman–Crippen MR) is 40.6 cm³/mol. The fourth-order valence-electron chi connectivity index (χ4n) is 0.592. The second-order valence-corrected chi connectivity index (χ2v) is 2.36. The smallest absolute Gasteiger partial charge is 0.404 e. The molecular formula is C6H12ClNO2. The minimum atomic E-state index is -0.953. The van der Waals surface area contributed by atoms with Gasteiger partial charge in [-0.1, -0.05) is 6.42 Å². The summed E-state index contributed by atoms with van der Waals surface area (Å²) >= 11 is 5.41. The number of halogens is 1. The van der Waals surface area contributed by atoms with E-state index in [-0.39, 0.29) is 0 Å². The quantitative estimate of drug-likeness (QED) is 0.481. The van der Waals surface area contributed by atoms with Crippen LogP contribution in [0, 0.1) is 0 Å². The normalized spacial score (nSPS) is 9.30. The summed E-state index contributed by atoms with van der Waals surface area (Å²) in [5, 5.41) is 10.4. The van der Waals surface area contributed by atoms with E-state index in [1.165, 1.54) is 0 Å². The molecule has 0 aliphatic rings. The SMILES string of the molecule is O=C(O)NCCCCCCl. The van der Waals surface area contributed by atoms with Crippen molar-refractivity contribution in [2.75, 3.05) is 12.4 Å². The number of nitrogens with one attached hydrogen (secondary N) is 1. The number of carboxylic acid groups (broad SMARTS) is 1. The van der Waals surface area contributed by atoms with Crippen LogP contribution in [0.2, 0.25) is 0 Å². The molecule has 60 valence electrons. The average molecular weight is 166 g/mol. The molecule has 0 heterocycles. The molecule has 2 N–H and O–H groups in total. The molecule has 0 radical (unpaired) electrons. The van der Waals surface area contributed by atoms with E-state index in [9.17, 15) is 4.79 Å². The van der Waals surface area contributed by atoms with Gasteiger partial charge in [-0.2, -0.15) is 0 Å². The number of carbonyl (C=O) groups is 1. The van der Waals surface area contributed by atoms with Crippen LogP contribution >= 0.6 is 11.6 Å². The molecular weight excluding hydrogens is 154 g/mol. The molecule has 1 amide bonds. The molecule has 0 unspecified atom stereocenters. The third-order valence-corrected chi connectivity index (χ3v) is 1.35. The first-order valence-corrected chi connectivity index (χ1v) is 3.83. The Morgan fingerprint density at radius 3 is 2.60 bits per heavy atom. The van der Waals surface area contributed by atoms with Gasteiger partial charge in [0.25, 0.3) is 0 Å². The van der Waals surface area contributed by atoms with E-state index in [1.807, 2.05) is 0 Å².